The van der Waals surface area contributed by atoms with Gasteiger partial charge in [0.1, 0.15) is 6.04 Å². The van der Waals surface area contributed by atoms with Crippen LogP contribution in [-0.4, -0.2) is 35.4 Å². The van der Waals surface area contributed by atoms with Gasteiger partial charge < -0.3 is 15.0 Å². The number of carbonyl (C=O) groups is 2. The summed E-state index contributed by atoms with van der Waals surface area (Å²) in [6.45, 7) is 7.50. The first-order chi connectivity index (χ1) is 13.8. The van der Waals surface area contributed by atoms with Crippen LogP contribution in [0.3, 0.4) is 0 Å². The second-order valence-electron chi connectivity index (χ2n) is 7.32. The first-order valence-corrected chi connectivity index (χ1v) is 9.84. The molecule has 0 saturated carbocycles. The Labute approximate surface area is 171 Å². The van der Waals surface area contributed by atoms with Crippen molar-refractivity contribution in [2.75, 3.05) is 6.61 Å². The predicted molar refractivity (Wildman–Crippen MR) is 111 cm³/mol. The normalized spacial score (nSPS) is 11.8. The van der Waals surface area contributed by atoms with Gasteiger partial charge in [-0.15, -0.1) is 0 Å². The molecule has 2 aromatic rings. The average Bonchev–Trinajstić information content (AvgIpc) is 2.66. The van der Waals surface area contributed by atoms with Crippen molar-refractivity contribution in [1.82, 2.24) is 10.2 Å². The lowest BCUT2D eigenvalue weighted by Gasteiger charge is -2.31. The first-order valence-electron chi connectivity index (χ1n) is 9.84. The summed E-state index contributed by atoms with van der Waals surface area (Å²) in [4.78, 5) is 27.2. The van der Waals surface area contributed by atoms with E-state index in [9.17, 15) is 14.0 Å². The zero-order chi connectivity index (χ0) is 21.4. The number of hydrogen-bond donors (Lipinski definition) is 1. The zero-order valence-corrected chi connectivity index (χ0v) is 17.4. The summed E-state index contributed by atoms with van der Waals surface area (Å²) in [6, 6.07) is 13.0. The molecule has 1 unspecified atom stereocenters. The fourth-order valence-electron chi connectivity index (χ4n) is 3.09. The molecule has 0 aliphatic rings. The number of amides is 2. The average molecular weight is 400 g/mol. The van der Waals surface area contributed by atoms with Crippen LogP contribution < -0.4 is 10.1 Å². The molecule has 0 saturated heterocycles. The van der Waals surface area contributed by atoms with Gasteiger partial charge in [0.05, 0.1) is 0 Å². The number of benzene rings is 2. The Morgan fingerprint density at radius 1 is 1.14 bits per heavy atom. The number of rotatable bonds is 9. The van der Waals surface area contributed by atoms with E-state index in [0.29, 0.717) is 6.42 Å². The van der Waals surface area contributed by atoms with Crippen molar-refractivity contribution in [1.29, 1.82) is 0 Å². The molecule has 1 atom stereocenters. The molecule has 156 valence electrons. The van der Waals surface area contributed by atoms with E-state index in [2.05, 4.69) is 5.32 Å². The second-order valence-corrected chi connectivity index (χ2v) is 7.32. The molecule has 0 fully saturated rings. The summed E-state index contributed by atoms with van der Waals surface area (Å²) in [5.41, 5.74) is 1.98. The zero-order valence-electron chi connectivity index (χ0n) is 17.4. The third kappa shape index (κ3) is 6.59. The summed E-state index contributed by atoms with van der Waals surface area (Å²) in [5.74, 6) is -1.11. The molecule has 6 heteroatoms. The van der Waals surface area contributed by atoms with Crippen LogP contribution in [0.1, 0.15) is 38.3 Å². The Kier molecular flexibility index (Phi) is 8.19. The van der Waals surface area contributed by atoms with Gasteiger partial charge in [-0.2, -0.15) is 0 Å². The third-order valence-corrected chi connectivity index (χ3v) is 4.44. The van der Waals surface area contributed by atoms with E-state index in [4.69, 9.17) is 4.74 Å². The highest BCUT2D eigenvalue weighted by Gasteiger charge is 2.29. The molecule has 2 rings (SSSR count). The number of aryl methyl sites for hydroxylation is 1. The molecule has 0 bridgehead atoms. The largest absolute Gasteiger partial charge is 0.481 e. The van der Waals surface area contributed by atoms with Gasteiger partial charge in [-0.05, 0) is 44.9 Å². The number of hydrogen-bond acceptors (Lipinski definition) is 3. The molecule has 2 aromatic carbocycles. The molecular formula is C23H29FN2O3. The van der Waals surface area contributed by atoms with Gasteiger partial charge in [0, 0.05) is 12.6 Å². The molecule has 0 aliphatic heterocycles. The Bertz CT molecular complexity index is 838. The van der Waals surface area contributed by atoms with Gasteiger partial charge in [-0.1, -0.05) is 48.9 Å². The summed E-state index contributed by atoms with van der Waals surface area (Å²) in [5, 5.41) is 2.88. The number of para-hydroxylation sites is 1. The maximum absolute atomic E-state index is 13.8. The van der Waals surface area contributed by atoms with Crippen LogP contribution in [0.4, 0.5) is 4.39 Å². The first kappa shape index (κ1) is 22.4. The summed E-state index contributed by atoms with van der Waals surface area (Å²) in [6.07, 6.45) is 0.454. The van der Waals surface area contributed by atoms with Crippen molar-refractivity contribution in [3.63, 3.8) is 0 Å². The topological polar surface area (TPSA) is 58.6 Å². The van der Waals surface area contributed by atoms with Gasteiger partial charge in [0.2, 0.25) is 5.91 Å². The number of nitrogens with zero attached hydrogens (tertiary/aromatic N) is 1. The van der Waals surface area contributed by atoms with E-state index in [0.717, 1.165) is 11.1 Å². The lowest BCUT2D eigenvalue weighted by atomic mass is 10.1. The van der Waals surface area contributed by atoms with Gasteiger partial charge >= 0.3 is 0 Å². The maximum Gasteiger partial charge on any atom is 0.261 e. The second kappa shape index (κ2) is 10.6. The summed E-state index contributed by atoms with van der Waals surface area (Å²) in [7, 11) is 0. The van der Waals surface area contributed by atoms with Gasteiger partial charge in [-0.3, -0.25) is 9.59 Å². The lowest BCUT2D eigenvalue weighted by Crippen LogP contribution is -2.51. The number of halogens is 1. The molecule has 1 N–H and O–H groups in total. The minimum Gasteiger partial charge on any atom is -0.481 e. The molecule has 0 aliphatic carbocycles. The molecule has 2 amide bonds. The van der Waals surface area contributed by atoms with Crippen LogP contribution in [0.5, 0.6) is 5.75 Å². The quantitative estimate of drug-likeness (QED) is 0.696. The molecule has 0 aromatic heterocycles. The minimum atomic E-state index is -0.644. The van der Waals surface area contributed by atoms with Crippen LogP contribution in [0.15, 0.2) is 48.5 Å². The van der Waals surface area contributed by atoms with Crippen molar-refractivity contribution in [2.24, 2.45) is 0 Å². The summed E-state index contributed by atoms with van der Waals surface area (Å²) < 4.78 is 19.2. The molecule has 0 radical (unpaired) electrons. The molecule has 0 spiro atoms. The fraction of sp³-hybridized carbons (Fsp3) is 0.391. The lowest BCUT2D eigenvalue weighted by molar-refractivity contribution is -0.143. The van der Waals surface area contributed by atoms with Crippen LogP contribution >= 0.6 is 0 Å². The minimum absolute atomic E-state index is 0.0102. The Hall–Kier alpha value is -2.89. The van der Waals surface area contributed by atoms with Crippen LogP contribution in [0.25, 0.3) is 0 Å². The van der Waals surface area contributed by atoms with Crippen molar-refractivity contribution in [3.8, 4) is 5.75 Å². The van der Waals surface area contributed by atoms with E-state index >= 15 is 0 Å². The van der Waals surface area contributed by atoms with Crippen molar-refractivity contribution in [3.05, 3.63) is 65.5 Å². The van der Waals surface area contributed by atoms with E-state index in [-0.39, 0.29) is 36.8 Å². The Morgan fingerprint density at radius 2 is 1.86 bits per heavy atom. The van der Waals surface area contributed by atoms with Crippen LogP contribution in [0.2, 0.25) is 0 Å². The van der Waals surface area contributed by atoms with Crippen molar-refractivity contribution < 1.29 is 18.7 Å². The molecular weight excluding hydrogens is 371 g/mol. The Balaban J connectivity index is 2.23. The van der Waals surface area contributed by atoms with E-state index in [1.165, 1.54) is 17.0 Å². The fourth-order valence-corrected chi connectivity index (χ4v) is 3.09. The molecule has 0 heterocycles. The van der Waals surface area contributed by atoms with E-state index in [1.54, 1.807) is 12.1 Å². The van der Waals surface area contributed by atoms with Gasteiger partial charge in [-0.25, -0.2) is 4.39 Å². The SMILES string of the molecule is CCC(C(=O)NC(C)C)N(Cc1cccc(C)c1)C(=O)COc1ccccc1F. The predicted octanol–water partition coefficient (Wildman–Crippen LogP) is 3.84. The maximum atomic E-state index is 13.8. The monoisotopic (exact) mass is 400 g/mol. The standard InChI is InChI=1S/C23H29FN2O3/c1-5-20(23(28)25-16(2)3)26(14-18-10-8-9-17(4)13-18)22(27)15-29-21-12-7-6-11-19(21)24/h6-13,16,20H,5,14-15H2,1-4H3,(H,25,28). The molecule has 5 nitrogen and oxygen atoms in total. The highest BCUT2D eigenvalue weighted by atomic mass is 19.1. The molecule has 29 heavy (non-hydrogen) atoms. The number of nitrogens with one attached hydrogen (secondary N) is 1. The smallest absolute Gasteiger partial charge is 0.261 e. The highest BCUT2D eigenvalue weighted by Crippen LogP contribution is 2.17. The van der Waals surface area contributed by atoms with Gasteiger partial charge in [0.15, 0.2) is 18.2 Å². The van der Waals surface area contributed by atoms with E-state index in [1.807, 2.05) is 52.0 Å². The van der Waals surface area contributed by atoms with Crippen LogP contribution in [0, 0.1) is 12.7 Å². The Morgan fingerprint density at radius 3 is 2.48 bits per heavy atom. The number of carbonyl (C=O) groups excluding carboxylic acids is 2. The highest BCUT2D eigenvalue weighted by molar-refractivity contribution is 5.88. The van der Waals surface area contributed by atoms with Crippen LogP contribution in [-0.2, 0) is 16.1 Å². The van der Waals surface area contributed by atoms with E-state index < -0.39 is 11.9 Å². The van der Waals surface area contributed by atoms with Gasteiger partial charge in [0.25, 0.3) is 5.91 Å². The van der Waals surface area contributed by atoms with Crippen molar-refractivity contribution >= 4 is 11.8 Å². The van der Waals surface area contributed by atoms with Crippen molar-refractivity contribution in [2.45, 2.75) is 52.7 Å². The summed E-state index contributed by atoms with van der Waals surface area (Å²) >= 11 is 0. The third-order valence-electron chi connectivity index (χ3n) is 4.44. The number of ether oxygens (including phenoxy) is 1.